The summed E-state index contributed by atoms with van der Waals surface area (Å²) in [5.74, 6) is -1.03. The molecule has 0 atom stereocenters. The Bertz CT molecular complexity index is 1730. The number of likely N-dealkylation sites (N-methyl/N-ethyl adjacent to an activating group) is 1. The predicted molar refractivity (Wildman–Crippen MR) is 131 cm³/mol. The lowest BCUT2D eigenvalue weighted by atomic mass is 10.0. The maximum Gasteiger partial charge on any atom is 0.339 e. The second-order valence-corrected chi connectivity index (χ2v) is 11.4. The summed E-state index contributed by atoms with van der Waals surface area (Å²) in [5, 5.41) is 1.68. The van der Waals surface area contributed by atoms with Gasteiger partial charge in [-0.05, 0) is 41.1 Å². The van der Waals surface area contributed by atoms with Gasteiger partial charge in [0.1, 0.15) is 10.6 Å². The third-order valence-corrected chi connectivity index (χ3v) is 8.80. The van der Waals surface area contributed by atoms with E-state index in [9.17, 15) is 21.6 Å². The third kappa shape index (κ3) is 3.88. The normalized spacial score (nSPS) is 15.1. The second-order valence-electron chi connectivity index (χ2n) is 7.89. The second kappa shape index (κ2) is 8.37. The monoisotopic (exact) mass is 505 g/mol. The third-order valence-electron chi connectivity index (χ3n) is 5.75. The number of allylic oxidation sites excluding steroid dienone is 1. The van der Waals surface area contributed by atoms with E-state index in [2.05, 4.69) is 0 Å². The quantitative estimate of drug-likeness (QED) is 0.294. The van der Waals surface area contributed by atoms with Crippen LogP contribution in [0.1, 0.15) is 15.9 Å². The number of carbonyl (C=O) groups is 1. The van der Waals surface area contributed by atoms with E-state index in [1.165, 1.54) is 49.5 Å². The molecule has 1 aliphatic heterocycles. The fraction of sp³-hybridized carbons (Fsp3) is 0.0385. The summed E-state index contributed by atoms with van der Waals surface area (Å²) in [4.78, 5) is 13.5. The molecule has 4 aromatic carbocycles. The van der Waals surface area contributed by atoms with Gasteiger partial charge in [-0.1, -0.05) is 66.7 Å². The predicted octanol–water partition coefficient (Wildman–Crippen LogP) is 4.43. The van der Waals surface area contributed by atoms with Gasteiger partial charge in [-0.25, -0.2) is 8.42 Å². The summed E-state index contributed by atoms with van der Waals surface area (Å²) in [7, 11) is -7.31. The molecule has 0 saturated carbocycles. The smallest absolute Gasteiger partial charge is 0.339 e. The number of Topliss-reactive ketones (excluding diaryl/α,β-unsaturated/α-hetero) is 1. The van der Waals surface area contributed by atoms with E-state index in [0.29, 0.717) is 0 Å². The number of benzene rings is 4. The molecule has 0 amide bonds. The van der Waals surface area contributed by atoms with Crippen molar-refractivity contribution in [1.29, 1.82) is 0 Å². The van der Waals surface area contributed by atoms with E-state index in [1.54, 1.807) is 30.3 Å². The Morgan fingerprint density at radius 2 is 1.43 bits per heavy atom. The molecule has 9 heteroatoms. The fourth-order valence-electron chi connectivity index (χ4n) is 3.96. The molecule has 5 rings (SSSR count). The maximum absolute atomic E-state index is 13.7. The maximum atomic E-state index is 13.7. The van der Waals surface area contributed by atoms with Gasteiger partial charge in [0.15, 0.2) is 5.76 Å². The lowest BCUT2D eigenvalue weighted by Gasteiger charge is -2.30. The van der Waals surface area contributed by atoms with Crippen LogP contribution in [0, 0.1) is 0 Å². The lowest BCUT2D eigenvalue weighted by Crippen LogP contribution is -2.36. The fourth-order valence-corrected chi connectivity index (χ4v) is 6.33. The summed E-state index contributed by atoms with van der Waals surface area (Å²) in [5.41, 5.74) is -0.203. The van der Waals surface area contributed by atoms with Crippen LogP contribution in [0.4, 0.5) is 0 Å². The number of hydrogen-bond donors (Lipinski definition) is 0. The van der Waals surface area contributed by atoms with Gasteiger partial charge in [-0.3, -0.25) is 9.10 Å². The zero-order valence-electron chi connectivity index (χ0n) is 18.5. The van der Waals surface area contributed by atoms with Gasteiger partial charge >= 0.3 is 10.1 Å². The molecule has 0 unspecified atom stereocenters. The molecule has 1 heterocycles. The lowest BCUT2D eigenvalue weighted by molar-refractivity contribution is 0.101. The molecule has 4 aromatic rings. The van der Waals surface area contributed by atoms with E-state index in [1.807, 2.05) is 24.3 Å². The Morgan fingerprint density at radius 1 is 0.800 bits per heavy atom. The van der Waals surface area contributed by atoms with Crippen molar-refractivity contribution in [2.45, 2.75) is 9.79 Å². The summed E-state index contributed by atoms with van der Waals surface area (Å²) in [6.07, 6.45) is 0. The average Bonchev–Trinajstić information content (AvgIpc) is 2.87. The van der Waals surface area contributed by atoms with Gasteiger partial charge in [0.05, 0.1) is 4.90 Å². The van der Waals surface area contributed by atoms with Crippen LogP contribution < -0.4 is 0 Å². The largest absolute Gasteiger partial charge is 0.376 e. The minimum absolute atomic E-state index is 0.00533. The van der Waals surface area contributed by atoms with Crippen molar-refractivity contribution in [3.8, 4) is 0 Å². The summed E-state index contributed by atoms with van der Waals surface area (Å²) in [6.45, 7) is 0. The van der Waals surface area contributed by atoms with Crippen molar-refractivity contribution in [1.82, 2.24) is 4.31 Å². The number of hydrogen-bond acceptors (Lipinski definition) is 6. The molecule has 0 spiro atoms. The van der Waals surface area contributed by atoms with Crippen LogP contribution in [0.25, 0.3) is 16.5 Å². The van der Waals surface area contributed by atoms with Gasteiger partial charge in [0, 0.05) is 18.2 Å². The molecule has 0 aliphatic carbocycles. The van der Waals surface area contributed by atoms with Crippen molar-refractivity contribution >= 4 is 42.5 Å². The number of ketones is 1. The minimum Gasteiger partial charge on any atom is -0.376 e. The molecular formula is C26H19NO6S2. The molecular weight excluding hydrogens is 486 g/mol. The molecule has 35 heavy (non-hydrogen) atoms. The molecule has 0 fully saturated rings. The van der Waals surface area contributed by atoms with E-state index in [4.69, 9.17) is 4.18 Å². The van der Waals surface area contributed by atoms with Gasteiger partial charge < -0.3 is 4.18 Å². The van der Waals surface area contributed by atoms with Crippen molar-refractivity contribution in [2.24, 2.45) is 0 Å². The highest BCUT2D eigenvalue weighted by atomic mass is 32.2. The van der Waals surface area contributed by atoms with E-state index >= 15 is 0 Å². The highest BCUT2D eigenvalue weighted by molar-refractivity contribution is 7.89. The first kappa shape index (κ1) is 22.8. The van der Waals surface area contributed by atoms with Gasteiger partial charge in [0.2, 0.25) is 5.78 Å². The molecule has 0 saturated heterocycles. The molecule has 0 aromatic heterocycles. The Hall–Kier alpha value is -3.95. The summed E-state index contributed by atoms with van der Waals surface area (Å²) < 4.78 is 59.1. The number of nitrogens with zero attached hydrogens (tertiary/aromatic N) is 1. The van der Waals surface area contributed by atoms with Crippen molar-refractivity contribution in [2.75, 3.05) is 7.05 Å². The van der Waals surface area contributed by atoms with E-state index < -0.39 is 31.6 Å². The van der Waals surface area contributed by atoms with Crippen LogP contribution in [-0.4, -0.2) is 34.0 Å². The molecule has 0 radical (unpaired) electrons. The Balaban J connectivity index is 1.75. The zero-order valence-corrected chi connectivity index (χ0v) is 20.1. The number of carbonyl (C=O) groups excluding carboxylic acids is 1. The van der Waals surface area contributed by atoms with Crippen LogP contribution in [-0.2, 0) is 24.3 Å². The first-order valence-electron chi connectivity index (χ1n) is 10.6. The molecule has 0 bridgehead atoms. The minimum atomic E-state index is -4.38. The Morgan fingerprint density at radius 3 is 2.17 bits per heavy atom. The molecule has 0 N–H and O–H groups in total. The van der Waals surface area contributed by atoms with Crippen LogP contribution in [0.3, 0.4) is 0 Å². The van der Waals surface area contributed by atoms with Gasteiger partial charge in [-0.15, -0.1) is 0 Å². The first-order valence-corrected chi connectivity index (χ1v) is 13.4. The number of rotatable bonds is 5. The first-order chi connectivity index (χ1) is 16.7. The highest BCUT2D eigenvalue weighted by Gasteiger charge is 2.40. The molecule has 176 valence electrons. The van der Waals surface area contributed by atoms with Crippen LogP contribution in [0.5, 0.6) is 0 Å². The standard InChI is InChI=1S/C26H19NO6S2/c1-27-24(25(28)20-16-15-18-9-5-6-10-19(18)17-20)26(22-13-7-8-14-23(22)34(27,29)30)33-35(31,32)21-11-3-2-4-12-21/h2-17H,1H3. The zero-order chi connectivity index (χ0) is 24.8. The van der Waals surface area contributed by atoms with Crippen molar-refractivity contribution in [3.05, 3.63) is 114 Å². The Kier molecular flexibility index (Phi) is 5.46. The highest BCUT2D eigenvalue weighted by Crippen LogP contribution is 2.39. The van der Waals surface area contributed by atoms with Crippen molar-refractivity contribution in [3.63, 3.8) is 0 Å². The number of fused-ring (bicyclic) bond motifs is 2. The molecule has 7 nitrogen and oxygen atoms in total. The van der Waals surface area contributed by atoms with Gasteiger partial charge in [-0.2, -0.15) is 8.42 Å². The van der Waals surface area contributed by atoms with Gasteiger partial charge in [0.25, 0.3) is 10.0 Å². The van der Waals surface area contributed by atoms with Crippen molar-refractivity contribution < 1.29 is 25.8 Å². The topological polar surface area (TPSA) is 97.8 Å². The van der Waals surface area contributed by atoms with Crippen LogP contribution in [0.15, 0.2) is 113 Å². The number of sulfonamides is 1. The van der Waals surface area contributed by atoms with E-state index in [0.717, 1.165) is 15.1 Å². The van der Waals surface area contributed by atoms with Crippen LogP contribution >= 0.6 is 0 Å². The molecule has 1 aliphatic rings. The SMILES string of the molecule is CN1C(C(=O)c2ccc3ccccc3c2)=C(OS(=O)(=O)c2ccccc2)c2ccccc2S1(=O)=O. The van der Waals surface area contributed by atoms with Crippen LogP contribution in [0.2, 0.25) is 0 Å². The summed E-state index contributed by atoms with van der Waals surface area (Å²) in [6, 6.07) is 25.6. The average molecular weight is 506 g/mol. The Labute approximate surface area is 203 Å². The summed E-state index contributed by atoms with van der Waals surface area (Å²) >= 11 is 0. The van der Waals surface area contributed by atoms with E-state index in [-0.39, 0.29) is 26.7 Å².